The van der Waals surface area contributed by atoms with Gasteiger partial charge in [-0.15, -0.1) is 0 Å². The highest BCUT2D eigenvalue weighted by Gasteiger charge is 2.28. The summed E-state index contributed by atoms with van der Waals surface area (Å²) >= 11 is 0. The van der Waals surface area contributed by atoms with Gasteiger partial charge in [0, 0.05) is 6.42 Å². The van der Waals surface area contributed by atoms with E-state index in [-0.39, 0.29) is 0 Å². The molecule has 2 rings (SSSR count). The summed E-state index contributed by atoms with van der Waals surface area (Å²) in [5.41, 5.74) is 0.498. The lowest BCUT2D eigenvalue weighted by molar-refractivity contribution is 0.0282. The average molecular weight is 245 g/mol. The first-order valence-corrected chi connectivity index (χ1v) is 6.02. The van der Waals surface area contributed by atoms with Gasteiger partial charge < -0.3 is 5.11 Å². The average Bonchev–Trinajstić information content (AvgIpc) is 2.40. The summed E-state index contributed by atoms with van der Waals surface area (Å²) in [6, 6.07) is 12.6. The van der Waals surface area contributed by atoms with Gasteiger partial charge in [-0.3, -0.25) is 4.98 Å². The molecule has 1 heterocycles. The lowest BCUT2D eigenvalue weighted by atomic mass is 9.88. The smallest absolute Gasteiger partial charge is 0.141 e. The molecule has 0 fully saturated rings. The van der Waals surface area contributed by atoms with Gasteiger partial charge in [-0.1, -0.05) is 37.3 Å². The first-order chi connectivity index (χ1) is 8.64. The zero-order chi connectivity index (χ0) is 13.0. The van der Waals surface area contributed by atoms with Crippen LogP contribution in [0.4, 0.5) is 4.39 Å². The molecule has 0 radical (unpaired) electrons. The summed E-state index contributed by atoms with van der Waals surface area (Å²) in [5, 5.41) is 10.7. The van der Waals surface area contributed by atoms with Crippen molar-refractivity contribution >= 4 is 0 Å². The Balaban J connectivity index is 2.28. The maximum Gasteiger partial charge on any atom is 0.141 e. The minimum Gasteiger partial charge on any atom is -0.383 e. The van der Waals surface area contributed by atoms with Crippen LogP contribution in [0, 0.1) is 5.82 Å². The van der Waals surface area contributed by atoms with Crippen LogP contribution < -0.4 is 0 Å². The highest BCUT2D eigenvalue weighted by atomic mass is 19.1. The molecule has 2 nitrogen and oxygen atoms in total. The molecule has 1 aromatic carbocycles. The van der Waals surface area contributed by atoms with Gasteiger partial charge in [-0.25, -0.2) is 4.39 Å². The number of hydrogen-bond donors (Lipinski definition) is 1. The Morgan fingerprint density at radius 1 is 1.17 bits per heavy atom. The van der Waals surface area contributed by atoms with Crippen molar-refractivity contribution < 1.29 is 9.50 Å². The van der Waals surface area contributed by atoms with Crippen LogP contribution in [0.1, 0.15) is 24.6 Å². The molecule has 0 aliphatic heterocycles. The Kier molecular flexibility index (Phi) is 3.72. The predicted molar refractivity (Wildman–Crippen MR) is 68.5 cm³/mol. The lowest BCUT2D eigenvalue weighted by Crippen LogP contribution is -2.28. The molecule has 0 bridgehead atoms. The van der Waals surface area contributed by atoms with E-state index < -0.39 is 11.4 Å². The summed E-state index contributed by atoms with van der Waals surface area (Å²) in [7, 11) is 0. The van der Waals surface area contributed by atoms with Crippen LogP contribution in [-0.4, -0.2) is 10.1 Å². The molecule has 0 aliphatic rings. The van der Waals surface area contributed by atoms with E-state index in [4.69, 9.17) is 0 Å². The van der Waals surface area contributed by atoms with Gasteiger partial charge >= 0.3 is 0 Å². The Bertz CT molecular complexity index is 498. The molecular formula is C15H16FNO. The van der Waals surface area contributed by atoms with Crippen LogP contribution in [0.15, 0.2) is 48.7 Å². The molecule has 1 aromatic heterocycles. The maximum atomic E-state index is 12.9. The topological polar surface area (TPSA) is 33.1 Å². The number of halogens is 1. The van der Waals surface area contributed by atoms with Crippen LogP contribution in [0.25, 0.3) is 0 Å². The first kappa shape index (κ1) is 12.7. The number of pyridine rings is 1. The highest BCUT2D eigenvalue weighted by molar-refractivity contribution is 5.22. The van der Waals surface area contributed by atoms with Gasteiger partial charge in [0.05, 0.1) is 11.9 Å². The number of hydrogen-bond acceptors (Lipinski definition) is 2. The van der Waals surface area contributed by atoms with Gasteiger partial charge in [0.2, 0.25) is 0 Å². The molecule has 3 heteroatoms. The second-order valence-electron chi connectivity index (χ2n) is 4.41. The van der Waals surface area contributed by atoms with Crippen LogP contribution >= 0.6 is 0 Å². The SMILES string of the molecule is CCC(O)(Cc1ccccc1)c1ccc(F)cn1. The van der Waals surface area contributed by atoms with Crippen molar-refractivity contribution in [1.82, 2.24) is 4.98 Å². The molecule has 1 N–H and O–H groups in total. The lowest BCUT2D eigenvalue weighted by Gasteiger charge is -2.26. The molecule has 0 amide bonds. The first-order valence-electron chi connectivity index (χ1n) is 6.02. The number of benzene rings is 1. The highest BCUT2D eigenvalue weighted by Crippen LogP contribution is 2.27. The maximum absolute atomic E-state index is 12.9. The number of rotatable bonds is 4. The molecule has 2 aromatic rings. The second-order valence-corrected chi connectivity index (χ2v) is 4.41. The van der Waals surface area contributed by atoms with E-state index in [0.29, 0.717) is 18.5 Å². The largest absolute Gasteiger partial charge is 0.383 e. The Labute approximate surface area is 106 Å². The number of aromatic nitrogens is 1. The van der Waals surface area contributed by atoms with Crippen molar-refractivity contribution in [2.75, 3.05) is 0 Å². The van der Waals surface area contributed by atoms with Crippen molar-refractivity contribution in [2.24, 2.45) is 0 Å². The van der Waals surface area contributed by atoms with Crippen molar-refractivity contribution in [1.29, 1.82) is 0 Å². The van der Waals surface area contributed by atoms with Crippen molar-refractivity contribution in [3.8, 4) is 0 Å². The van der Waals surface area contributed by atoms with Gasteiger partial charge in [-0.05, 0) is 24.1 Å². The Morgan fingerprint density at radius 2 is 1.89 bits per heavy atom. The zero-order valence-corrected chi connectivity index (χ0v) is 10.3. The Hall–Kier alpha value is -1.74. The van der Waals surface area contributed by atoms with Gasteiger partial charge in [0.15, 0.2) is 0 Å². The third-order valence-corrected chi connectivity index (χ3v) is 3.13. The third-order valence-electron chi connectivity index (χ3n) is 3.13. The quantitative estimate of drug-likeness (QED) is 0.898. The van der Waals surface area contributed by atoms with E-state index in [1.54, 1.807) is 6.07 Å². The van der Waals surface area contributed by atoms with E-state index in [0.717, 1.165) is 11.8 Å². The van der Waals surface area contributed by atoms with Crippen LogP contribution in [0.3, 0.4) is 0 Å². The van der Waals surface area contributed by atoms with Crippen LogP contribution in [0.5, 0.6) is 0 Å². The summed E-state index contributed by atoms with van der Waals surface area (Å²) in [6.07, 6.45) is 2.14. The molecule has 1 unspecified atom stereocenters. The van der Waals surface area contributed by atoms with Gasteiger partial charge in [-0.2, -0.15) is 0 Å². The standard InChI is InChI=1S/C15H16FNO/c1-2-15(18,10-12-6-4-3-5-7-12)14-9-8-13(16)11-17-14/h3-9,11,18H,2,10H2,1H3. The normalized spacial score (nSPS) is 14.2. The molecule has 0 saturated heterocycles. The molecule has 18 heavy (non-hydrogen) atoms. The van der Waals surface area contributed by atoms with E-state index in [1.165, 1.54) is 6.07 Å². The molecule has 0 spiro atoms. The summed E-state index contributed by atoms with van der Waals surface area (Å²) in [4.78, 5) is 3.99. The molecular weight excluding hydrogens is 229 g/mol. The van der Waals surface area contributed by atoms with Crippen LogP contribution in [-0.2, 0) is 12.0 Å². The molecule has 1 atom stereocenters. The van der Waals surface area contributed by atoms with E-state index in [2.05, 4.69) is 4.98 Å². The fourth-order valence-corrected chi connectivity index (χ4v) is 1.98. The fraction of sp³-hybridized carbons (Fsp3) is 0.267. The second kappa shape index (κ2) is 5.27. The molecule has 0 aliphatic carbocycles. The summed E-state index contributed by atoms with van der Waals surface area (Å²) in [5.74, 6) is -0.392. The molecule has 94 valence electrons. The van der Waals surface area contributed by atoms with Crippen molar-refractivity contribution in [3.05, 3.63) is 65.7 Å². The minimum atomic E-state index is -1.05. The van der Waals surface area contributed by atoms with Crippen LogP contribution in [0.2, 0.25) is 0 Å². The Morgan fingerprint density at radius 3 is 2.44 bits per heavy atom. The summed E-state index contributed by atoms with van der Waals surface area (Å²) < 4.78 is 12.9. The minimum absolute atomic E-state index is 0.392. The number of nitrogens with zero attached hydrogens (tertiary/aromatic N) is 1. The predicted octanol–water partition coefficient (Wildman–Crippen LogP) is 3.06. The van der Waals surface area contributed by atoms with Crippen molar-refractivity contribution in [3.63, 3.8) is 0 Å². The summed E-state index contributed by atoms with van der Waals surface area (Å²) in [6.45, 7) is 1.90. The van der Waals surface area contributed by atoms with E-state index >= 15 is 0 Å². The third kappa shape index (κ3) is 2.74. The van der Waals surface area contributed by atoms with E-state index in [9.17, 15) is 9.50 Å². The monoisotopic (exact) mass is 245 g/mol. The van der Waals surface area contributed by atoms with Gasteiger partial charge in [0.1, 0.15) is 11.4 Å². The number of aliphatic hydroxyl groups is 1. The van der Waals surface area contributed by atoms with E-state index in [1.807, 2.05) is 37.3 Å². The fourth-order valence-electron chi connectivity index (χ4n) is 1.98. The molecule has 0 saturated carbocycles. The zero-order valence-electron chi connectivity index (χ0n) is 10.3. The van der Waals surface area contributed by atoms with Gasteiger partial charge in [0.25, 0.3) is 0 Å². The van der Waals surface area contributed by atoms with Crippen molar-refractivity contribution in [2.45, 2.75) is 25.4 Å².